The van der Waals surface area contributed by atoms with E-state index in [1.54, 1.807) is 41.6 Å². The number of rotatable bonds is 5. The Morgan fingerprint density at radius 3 is 2.79 bits per heavy atom. The van der Waals surface area contributed by atoms with Crippen molar-refractivity contribution < 1.29 is 18.8 Å². The molecule has 2 aromatic heterocycles. The molecule has 1 aliphatic heterocycles. The summed E-state index contributed by atoms with van der Waals surface area (Å²) in [6.07, 6.45) is 5.15. The average Bonchev–Trinajstić information content (AvgIpc) is 3.23. The Kier molecular flexibility index (Phi) is 5.58. The lowest BCUT2D eigenvalue weighted by atomic mass is 10.1. The van der Waals surface area contributed by atoms with E-state index in [-0.39, 0.29) is 12.8 Å². The monoisotopic (exact) mass is 380 g/mol. The van der Waals surface area contributed by atoms with Crippen LogP contribution < -0.4 is 4.74 Å². The fourth-order valence-corrected chi connectivity index (χ4v) is 3.03. The van der Waals surface area contributed by atoms with Gasteiger partial charge in [0.1, 0.15) is 18.6 Å². The Hall–Kier alpha value is -3.26. The molecule has 1 saturated heterocycles. The molecule has 144 valence electrons. The maximum Gasteiger partial charge on any atom is 0.417 e. The summed E-state index contributed by atoms with van der Waals surface area (Å²) in [6, 6.07) is 12.6. The number of aromatic nitrogens is 3. The van der Waals surface area contributed by atoms with Crippen LogP contribution in [0.1, 0.15) is 25.2 Å². The Morgan fingerprint density at radius 1 is 1.14 bits per heavy atom. The van der Waals surface area contributed by atoms with Crippen molar-refractivity contribution in [1.82, 2.24) is 20.0 Å². The van der Waals surface area contributed by atoms with E-state index in [0.29, 0.717) is 24.0 Å². The van der Waals surface area contributed by atoms with Crippen LogP contribution in [0.5, 0.6) is 5.75 Å². The van der Waals surface area contributed by atoms with Crippen LogP contribution in [0, 0.1) is 0 Å². The molecule has 28 heavy (non-hydrogen) atoms. The first-order valence-corrected chi connectivity index (χ1v) is 9.18. The predicted molar refractivity (Wildman–Crippen MR) is 99.1 cm³/mol. The number of amides is 1. The highest BCUT2D eigenvalue weighted by Gasteiger charge is 2.29. The Morgan fingerprint density at radius 2 is 1.96 bits per heavy atom. The van der Waals surface area contributed by atoms with Crippen molar-refractivity contribution in [2.24, 2.45) is 0 Å². The molecule has 1 amide bonds. The lowest BCUT2D eigenvalue weighted by Crippen LogP contribution is -2.46. The van der Waals surface area contributed by atoms with E-state index in [1.165, 1.54) is 0 Å². The van der Waals surface area contributed by atoms with Crippen molar-refractivity contribution >= 4 is 6.09 Å². The van der Waals surface area contributed by atoms with Crippen LogP contribution in [-0.2, 0) is 11.3 Å². The molecule has 4 rings (SSSR count). The van der Waals surface area contributed by atoms with Crippen LogP contribution in [0.4, 0.5) is 4.79 Å². The summed E-state index contributed by atoms with van der Waals surface area (Å²) < 4.78 is 16.6. The summed E-state index contributed by atoms with van der Waals surface area (Å²) in [5.74, 6) is 1.34. The van der Waals surface area contributed by atoms with Crippen LogP contribution in [0.3, 0.4) is 0 Å². The standard InChI is InChI=1S/C20H20N4O4/c25-20(27-16-6-2-1-3-7-16)24-13-5-4-8-18(24)26-14-17-22-19(23-28-17)15-9-11-21-12-10-15/h1-3,6-7,9-12,18H,4-5,8,13-14H2. The Labute approximate surface area is 162 Å². The van der Waals surface area contributed by atoms with Crippen LogP contribution >= 0.6 is 0 Å². The molecular weight excluding hydrogens is 360 g/mol. The molecule has 1 aromatic carbocycles. The highest BCUT2D eigenvalue weighted by atomic mass is 16.6. The molecule has 3 heterocycles. The van der Waals surface area contributed by atoms with Gasteiger partial charge >= 0.3 is 6.09 Å². The maximum absolute atomic E-state index is 12.5. The van der Waals surface area contributed by atoms with Crippen LogP contribution in [-0.4, -0.2) is 38.9 Å². The summed E-state index contributed by atoms with van der Waals surface area (Å²) >= 11 is 0. The van der Waals surface area contributed by atoms with Crippen LogP contribution in [0.25, 0.3) is 11.4 Å². The number of nitrogens with zero attached hydrogens (tertiary/aromatic N) is 4. The number of para-hydroxylation sites is 1. The molecule has 3 aromatic rings. The summed E-state index contributed by atoms with van der Waals surface area (Å²) in [5.41, 5.74) is 0.815. The normalized spacial score (nSPS) is 16.7. The van der Waals surface area contributed by atoms with E-state index in [9.17, 15) is 4.79 Å². The van der Waals surface area contributed by atoms with Gasteiger partial charge < -0.3 is 14.0 Å². The fraction of sp³-hybridized carbons (Fsp3) is 0.300. The van der Waals surface area contributed by atoms with Crippen molar-refractivity contribution in [3.63, 3.8) is 0 Å². The summed E-state index contributed by atoms with van der Waals surface area (Å²) in [5, 5.41) is 3.96. The van der Waals surface area contributed by atoms with Gasteiger partial charge in [-0.25, -0.2) is 4.79 Å². The summed E-state index contributed by atoms with van der Waals surface area (Å²) in [7, 11) is 0. The number of hydrogen-bond acceptors (Lipinski definition) is 7. The van der Waals surface area contributed by atoms with Gasteiger partial charge in [0.2, 0.25) is 5.82 Å². The summed E-state index contributed by atoms with van der Waals surface area (Å²) in [4.78, 5) is 22.5. The molecule has 8 nitrogen and oxygen atoms in total. The number of benzene rings is 1. The SMILES string of the molecule is O=C(Oc1ccccc1)N1CCCCC1OCc1nc(-c2ccncc2)no1. The number of carbonyl (C=O) groups is 1. The molecule has 1 aliphatic rings. The predicted octanol–water partition coefficient (Wildman–Crippen LogP) is 3.66. The van der Waals surface area contributed by atoms with Gasteiger partial charge in [-0.05, 0) is 43.5 Å². The van der Waals surface area contributed by atoms with E-state index in [2.05, 4.69) is 15.1 Å². The van der Waals surface area contributed by atoms with Crippen LogP contribution in [0.2, 0.25) is 0 Å². The minimum Gasteiger partial charge on any atom is -0.410 e. The van der Waals surface area contributed by atoms with E-state index in [0.717, 1.165) is 24.8 Å². The third kappa shape index (κ3) is 4.34. The number of likely N-dealkylation sites (tertiary alicyclic amines) is 1. The molecule has 0 spiro atoms. The van der Waals surface area contributed by atoms with E-state index < -0.39 is 6.09 Å². The summed E-state index contributed by atoms with van der Waals surface area (Å²) in [6.45, 7) is 0.709. The van der Waals surface area contributed by atoms with E-state index in [1.807, 2.05) is 18.2 Å². The zero-order chi connectivity index (χ0) is 19.2. The number of hydrogen-bond donors (Lipinski definition) is 0. The first-order chi connectivity index (χ1) is 13.8. The van der Waals surface area contributed by atoms with Crippen LogP contribution in [0.15, 0.2) is 59.4 Å². The van der Waals surface area contributed by atoms with Gasteiger partial charge in [-0.1, -0.05) is 23.4 Å². The van der Waals surface area contributed by atoms with Crippen molar-refractivity contribution in [3.8, 4) is 17.1 Å². The topological polar surface area (TPSA) is 90.6 Å². The van der Waals surface area contributed by atoms with Crippen molar-refractivity contribution in [3.05, 3.63) is 60.7 Å². The Bertz CT molecular complexity index is 901. The zero-order valence-electron chi connectivity index (χ0n) is 15.2. The quantitative estimate of drug-likeness (QED) is 0.667. The molecule has 1 fully saturated rings. The molecular formula is C20H20N4O4. The average molecular weight is 380 g/mol. The van der Waals surface area contributed by atoms with Gasteiger partial charge in [0.05, 0.1) is 0 Å². The molecule has 0 saturated carbocycles. The first-order valence-electron chi connectivity index (χ1n) is 9.18. The number of carbonyl (C=O) groups excluding carboxylic acids is 1. The molecule has 0 N–H and O–H groups in total. The van der Waals surface area contributed by atoms with Gasteiger partial charge in [-0.3, -0.25) is 9.88 Å². The minimum absolute atomic E-state index is 0.123. The van der Waals surface area contributed by atoms with Gasteiger partial charge in [0.15, 0.2) is 0 Å². The second kappa shape index (κ2) is 8.62. The van der Waals surface area contributed by atoms with Crippen molar-refractivity contribution in [1.29, 1.82) is 0 Å². The third-order valence-electron chi connectivity index (χ3n) is 4.44. The minimum atomic E-state index is -0.418. The second-order valence-corrected chi connectivity index (χ2v) is 6.38. The van der Waals surface area contributed by atoms with Crippen molar-refractivity contribution in [2.75, 3.05) is 6.54 Å². The van der Waals surface area contributed by atoms with Gasteiger partial charge in [0.25, 0.3) is 5.89 Å². The highest BCUT2D eigenvalue weighted by Crippen LogP contribution is 2.22. The molecule has 8 heteroatoms. The van der Waals surface area contributed by atoms with Gasteiger partial charge in [-0.15, -0.1) is 0 Å². The molecule has 1 atom stereocenters. The van der Waals surface area contributed by atoms with E-state index in [4.69, 9.17) is 14.0 Å². The second-order valence-electron chi connectivity index (χ2n) is 6.38. The first kappa shape index (κ1) is 18.1. The van der Waals surface area contributed by atoms with Crippen molar-refractivity contribution in [2.45, 2.75) is 32.1 Å². The molecule has 0 aliphatic carbocycles. The lowest BCUT2D eigenvalue weighted by molar-refractivity contribution is -0.0793. The van der Waals surface area contributed by atoms with E-state index >= 15 is 0 Å². The number of pyridine rings is 1. The number of piperidine rings is 1. The highest BCUT2D eigenvalue weighted by molar-refractivity contribution is 5.71. The number of ether oxygens (including phenoxy) is 2. The van der Waals surface area contributed by atoms with Gasteiger partial charge in [-0.2, -0.15) is 4.98 Å². The van der Waals surface area contributed by atoms with Gasteiger partial charge in [0, 0.05) is 24.5 Å². The zero-order valence-corrected chi connectivity index (χ0v) is 15.2. The third-order valence-corrected chi connectivity index (χ3v) is 4.44. The molecule has 1 unspecified atom stereocenters. The molecule has 0 bridgehead atoms. The Balaban J connectivity index is 1.37. The molecule has 0 radical (unpaired) electrons. The fourth-order valence-electron chi connectivity index (χ4n) is 3.03. The maximum atomic E-state index is 12.5. The largest absolute Gasteiger partial charge is 0.417 e. The lowest BCUT2D eigenvalue weighted by Gasteiger charge is -2.34. The smallest absolute Gasteiger partial charge is 0.410 e.